The van der Waals surface area contributed by atoms with Crippen LogP contribution in [0.15, 0.2) is 0 Å². The van der Waals surface area contributed by atoms with E-state index in [4.69, 9.17) is 30.3 Å². The summed E-state index contributed by atoms with van der Waals surface area (Å²) in [5.74, 6) is -0.741. The normalized spacial score (nSPS) is 14.7. The quantitative estimate of drug-likeness (QED) is 0.141. The van der Waals surface area contributed by atoms with E-state index in [1.165, 1.54) is 0 Å². The van der Waals surface area contributed by atoms with E-state index in [9.17, 15) is 14.5 Å². The number of esters is 2. The van der Waals surface area contributed by atoms with Gasteiger partial charge in [0.05, 0.1) is 27.7 Å². The van der Waals surface area contributed by atoms with Crippen molar-refractivity contribution in [1.82, 2.24) is 0 Å². The number of unbranched alkanes of at least 4 members (excludes halogenated alkanes) is 4. The standard InChI is InChI=1S/C20H40NO7PS/c1-6-8-10-12-19(22)25-16-18(28-20(23)13-11-9-7-2)17-27-29(24,30)26-15-14-21(3,4)5/h18H,6-17H2,1-5H3/p+1/t18-,29?/m1/s1. The predicted octanol–water partition coefficient (Wildman–Crippen LogP) is 3.56. The van der Waals surface area contributed by atoms with Crippen LogP contribution in [0.4, 0.5) is 0 Å². The Balaban J connectivity index is 4.63. The Morgan fingerprint density at radius 3 is 2.03 bits per heavy atom. The molecule has 0 spiro atoms. The van der Waals surface area contributed by atoms with Crippen LogP contribution in [0, 0.1) is 0 Å². The van der Waals surface area contributed by atoms with E-state index < -0.39 is 18.8 Å². The molecule has 0 aromatic heterocycles. The van der Waals surface area contributed by atoms with Crippen molar-refractivity contribution < 1.29 is 37.5 Å². The SMILES string of the molecule is CCCCCC(=O)OC[C@H](COP(O)(=S)OCC[N+](C)(C)C)OC(=O)CCCCC. The molecule has 0 aliphatic heterocycles. The topological polar surface area (TPSA) is 91.3 Å². The lowest BCUT2D eigenvalue weighted by Gasteiger charge is -2.25. The van der Waals surface area contributed by atoms with Crippen molar-refractivity contribution in [1.29, 1.82) is 0 Å². The molecule has 0 rings (SSSR count). The fraction of sp³-hybridized carbons (Fsp3) is 0.900. The monoisotopic (exact) mass is 470 g/mol. The third-order valence-corrected chi connectivity index (χ3v) is 5.75. The molecule has 0 aliphatic rings. The molecular formula is C20H41NO7PS+. The van der Waals surface area contributed by atoms with E-state index in [0.717, 1.165) is 38.5 Å². The fourth-order valence-electron chi connectivity index (χ4n) is 2.30. The minimum absolute atomic E-state index is 0.140. The Hall–Kier alpha value is -0.570. The molecule has 0 saturated carbocycles. The summed E-state index contributed by atoms with van der Waals surface area (Å²) in [4.78, 5) is 34.1. The van der Waals surface area contributed by atoms with Crippen LogP contribution >= 0.6 is 6.72 Å². The van der Waals surface area contributed by atoms with E-state index in [1.54, 1.807) is 0 Å². The molecule has 0 saturated heterocycles. The van der Waals surface area contributed by atoms with Crippen molar-refractivity contribution in [3.63, 3.8) is 0 Å². The zero-order valence-corrected chi connectivity index (χ0v) is 21.0. The van der Waals surface area contributed by atoms with Gasteiger partial charge < -0.3 is 27.9 Å². The largest absolute Gasteiger partial charge is 0.462 e. The number of likely N-dealkylation sites (N-methyl/N-ethyl adjacent to an activating group) is 1. The summed E-state index contributed by atoms with van der Waals surface area (Å²) in [6.07, 6.45) is 5.12. The Morgan fingerprint density at radius 2 is 1.50 bits per heavy atom. The number of carbonyl (C=O) groups excluding carboxylic acids is 2. The lowest BCUT2D eigenvalue weighted by molar-refractivity contribution is -0.870. The van der Waals surface area contributed by atoms with Crippen molar-refractivity contribution in [2.45, 2.75) is 71.3 Å². The summed E-state index contributed by atoms with van der Waals surface area (Å²) in [6, 6.07) is 0. The second kappa shape index (κ2) is 16.1. The van der Waals surface area contributed by atoms with Gasteiger partial charge >= 0.3 is 18.7 Å². The van der Waals surface area contributed by atoms with E-state index >= 15 is 0 Å². The highest BCUT2D eigenvalue weighted by molar-refractivity contribution is 8.07. The summed E-state index contributed by atoms with van der Waals surface area (Å²) in [5, 5.41) is 0. The molecule has 0 aliphatic carbocycles. The minimum Gasteiger partial charge on any atom is -0.462 e. The number of nitrogens with zero attached hydrogens (tertiary/aromatic N) is 1. The maximum Gasteiger partial charge on any atom is 0.324 e. The van der Waals surface area contributed by atoms with Gasteiger partial charge in [0, 0.05) is 12.8 Å². The first-order chi connectivity index (χ1) is 14.0. The highest BCUT2D eigenvalue weighted by Gasteiger charge is 2.23. The average Bonchev–Trinajstić information content (AvgIpc) is 2.63. The van der Waals surface area contributed by atoms with Crippen molar-refractivity contribution in [3.05, 3.63) is 0 Å². The first kappa shape index (κ1) is 29.4. The molecule has 0 heterocycles. The van der Waals surface area contributed by atoms with Gasteiger partial charge in [0.15, 0.2) is 6.10 Å². The van der Waals surface area contributed by atoms with Crippen LogP contribution in [0.1, 0.15) is 65.2 Å². The first-order valence-corrected chi connectivity index (χ1v) is 13.4. The van der Waals surface area contributed by atoms with Crippen molar-refractivity contribution >= 4 is 30.5 Å². The van der Waals surface area contributed by atoms with Crippen LogP contribution in [-0.2, 0) is 39.9 Å². The molecule has 0 bridgehead atoms. The highest BCUT2D eigenvalue weighted by atomic mass is 32.5. The summed E-state index contributed by atoms with van der Waals surface area (Å²) >= 11 is 5.02. The molecule has 0 aromatic rings. The van der Waals surface area contributed by atoms with Crippen LogP contribution in [0.25, 0.3) is 0 Å². The van der Waals surface area contributed by atoms with Gasteiger partial charge in [0.2, 0.25) is 0 Å². The summed E-state index contributed by atoms with van der Waals surface area (Å²) in [5.41, 5.74) is 0. The van der Waals surface area contributed by atoms with E-state index in [1.807, 2.05) is 28.1 Å². The van der Waals surface area contributed by atoms with Gasteiger partial charge in [0.25, 0.3) is 0 Å². The van der Waals surface area contributed by atoms with Crippen LogP contribution < -0.4 is 0 Å². The van der Waals surface area contributed by atoms with Crippen LogP contribution in [0.2, 0.25) is 0 Å². The molecule has 0 fully saturated rings. The molecule has 178 valence electrons. The Labute approximate surface area is 187 Å². The zero-order valence-electron chi connectivity index (χ0n) is 19.3. The molecule has 10 heteroatoms. The number of quaternary nitrogens is 1. The molecule has 2 atom stereocenters. The van der Waals surface area contributed by atoms with E-state index in [0.29, 0.717) is 17.4 Å². The van der Waals surface area contributed by atoms with Crippen LogP contribution in [0.3, 0.4) is 0 Å². The van der Waals surface area contributed by atoms with Crippen LogP contribution in [0.5, 0.6) is 0 Å². The summed E-state index contributed by atoms with van der Waals surface area (Å²) < 4.78 is 21.9. The second-order valence-electron chi connectivity index (χ2n) is 8.32. The number of hydrogen-bond donors (Lipinski definition) is 1. The fourth-order valence-corrected chi connectivity index (χ4v) is 3.45. The molecular weight excluding hydrogens is 429 g/mol. The maximum absolute atomic E-state index is 12.1. The molecule has 30 heavy (non-hydrogen) atoms. The van der Waals surface area contributed by atoms with E-state index in [2.05, 4.69) is 6.92 Å². The third-order valence-electron chi connectivity index (χ3n) is 4.14. The number of carbonyl (C=O) groups is 2. The minimum atomic E-state index is -3.48. The summed E-state index contributed by atoms with van der Waals surface area (Å²) in [7, 11) is 5.98. The molecule has 1 unspecified atom stereocenters. The van der Waals surface area contributed by atoms with Gasteiger partial charge in [-0.2, -0.15) is 0 Å². The maximum atomic E-state index is 12.1. The van der Waals surface area contributed by atoms with E-state index in [-0.39, 0.29) is 32.2 Å². The van der Waals surface area contributed by atoms with Gasteiger partial charge in [0.1, 0.15) is 19.8 Å². The first-order valence-electron chi connectivity index (χ1n) is 10.8. The smallest absolute Gasteiger partial charge is 0.324 e. The Kier molecular flexibility index (Phi) is 15.8. The average molecular weight is 471 g/mol. The third kappa shape index (κ3) is 18.2. The van der Waals surface area contributed by atoms with Crippen molar-refractivity contribution in [3.8, 4) is 0 Å². The predicted molar refractivity (Wildman–Crippen MR) is 120 cm³/mol. The number of ether oxygens (including phenoxy) is 2. The van der Waals surface area contributed by atoms with Crippen molar-refractivity contribution in [2.75, 3.05) is 47.5 Å². The summed E-state index contributed by atoms with van der Waals surface area (Å²) in [6.45, 7) is 1.18. The Bertz CT molecular complexity index is 540. The number of hydrogen-bond acceptors (Lipinski definition) is 7. The second-order valence-corrected chi connectivity index (χ2v) is 11.2. The van der Waals surface area contributed by atoms with Gasteiger partial charge in [-0.3, -0.25) is 9.59 Å². The van der Waals surface area contributed by atoms with Gasteiger partial charge in [-0.25, -0.2) is 0 Å². The molecule has 0 aromatic carbocycles. The van der Waals surface area contributed by atoms with Crippen LogP contribution in [-0.4, -0.2) is 74.9 Å². The van der Waals surface area contributed by atoms with Gasteiger partial charge in [-0.05, 0) is 24.6 Å². The molecule has 8 nitrogen and oxygen atoms in total. The van der Waals surface area contributed by atoms with Crippen molar-refractivity contribution in [2.24, 2.45) is 0 Å². The molecule has 0 radical (unpaired) electrons. The Morgan fingerprint density at radius 1 is 0.933 bits per heavy atom. The zero-order chi connectivity index (χ0) is 23.0. The highest BCUT2D eigenvalue weighted by Crippen LogP contribution is 2.43. The lowest BCUT2D eigenvalue weighted by atomic mass is 10.2. The van der Waals surface area contributed by atoms with Gasteiger partial charge in [-0.15, -0.1) is 0 Å². The lowest BCUT2D eigenvalue weighted by Crippen LogP contribution is -2.37. The molecule has 0 amide bonds. The number of rotatable bonds is 18. The molecule has 1 N–H and O–H groups in total. The van der Waals surface area contributed by atoms with Gasteiger partial charge in [-0.1, -0.05) is 39.5 Å².